The summed E-state index contributed by atoms with van der Waals surface area (Å²) in [6.07, 6.45) is -6.92. The molecule has 27 nitrogen and oxygen atoms in total. The SMILES string of the molecule is CC(C)(C)OC(=O)N[C@@H](CCC(=O)OCc1ccccc1)CC(=O)N[C@@H](CCC(=O)OCc1ccccc1)CC(=O)N[C@@H](CCC(=O)OCc1ccccc1)CC(=O)N[C@@H](CCC(=O)OCc1ccccc1)CC(=O)N[C@@H](CCC(=O)OCc1ccccc1)CC(=O)N[C@@H](CCC(=O)OCc1ccccc1)CC(=O)OCC(Cl)(Cl)Cl. The molecule has 6 amide bonds. The maximum atomic E-state index is 14.7. The molecule has 0 fully saturated rings. The second kappa shape index (κ2) is 51.0. The summed E-state index contributed by atoms with van der Waals surface area (Å²) in [7, 11) is 0. The fourth-order valence-electron chi connectivity index (χ4n) is 11.4. The smallest absolute Gasteiger partial charge is 0.407 e. The van der Waals surface area contributed by atoms with E-state index in [1.807, 2.05) is 6.07 Å². The summed E-state index contributed by atoms with van der Waals surface area (Å²) >= 11 is 17.6. The standard InChI is InChI=1S/C85H101Cl3N6O21/c1-84(2,3)115-83(107)94-69(38-44-80(104)112-56-63-30-18-8-19-31-63)50-75(99)92-67(36-42-78(102)110-54-61-26-14-6-15-27-61)48-73(97)90-65(34-40-76(100)108-52-59-22-10-4-11-23-59)46-71(95)89-66(35-41-77(101)109-53-60-24-12-5-13-25-60)47-72(96)91-68(37-43-79(103)111-55-62-28-16-7-17-29-62)49-74(98)93-70(51-82(106)114-58-85(86,87)88)39-45-81(105)113-57-64-32-20-9-21-33-64/h4-33,65-70H,34-58H2,1-3H3,(H,89,95)(H,90,97)(H,91,96)(H,92,99)(H,93,98)(H,94,107)/t65-,66-,67-,68-,69-,70-/m0/s1. The van der Waals surface area contributed by atoms with Crippen molar-refractivity contribution in [1.29, 1.82) is 0 Å². The second-order valence-corrected chi connectivity index (χ2v) is 30.8. The summed E-state index contributed by atoms with van der Waals surface area (Å²) in [6.45, 7) is 3.82. The van der Waals surface area contributed by atoms with Gasteiger partial charge in [0.2, 0.25) is 33.3 Å². The number of rotatable bonds is 49. The number of carbonyl (C=O) groups is 13. The van der Waals surface area contributed by atoms with Crippen LogP contribution in [-0.2, 0) is 135 Å². The van der Waals surface area contributed by atoms with E-state index in [1.165, 1.54) is 0 Å². The zero-order chi connectivity index (χ0) is 83.2. The number of alkyl carbamates (subject to hydrolysis) is 1. The van der Waals surface area contributed by atoms with Crippen molar-refractivity contribution >= 4 is 112 Å². The largest absolute Gasteiger partial charge is 0.461 e. The van der Waals surface area contributed by atoms with Crippen molar-refractivity contribution in [3.05, 3.63) is 215 Å². The lowest BCUT2D eigenvalue weighted by Crippen LogP contribution is -2.47. The highest BCUT2D eigenvalue weighted by Crippen LogP contribution is 2.27. The molecule has 6 rings (SSSR count). The third kappa shape index (κ3) is 43.2. The van der Waals surface area contributed by atoms with Crippen LogP contribution in [0.3, 0.4) is 0 Å². The van der Waals surface area contributed by atoms with Crippen LogP contribution < -0.4 is 31.9 Å². The Balaban J connectivity index is 1.24. The maximum Gasteiger partial charge on any atom is 0.407 e. The number of nitrogens with one attached hydrogen (secondary N) is 6. The summed E-state index contributed by atoms with van der Waals surface area (Å²) in [5, 5.41) is 16.6. The molecule has 0 aliphatic rings. The average Bonchev–Trinajstić information content (AvgIpc) is 0.891. The highest BCUT2D eigenvalue weighted by molar-refractivity contribution is 6.67. The Kier molecular flexibility index (Phi) is 41.3. The fraction of sp³-hybridized carbons (Fsp3) is 0.424. The molecule has 0 unspecified atom stereocenters. The molecule has 0 saturated carbocycles. The lowest BCUT2D eigenvalue weighted by molar-refractivity contribution is -0.147. The normalized spacial score (nSPS) is 12.7. The van der Waals surface area contributed by atoms with Gasteiger partial charge in [0.1, 0.15) is 51.8 Å². The third-order valence-corrected chi connectivity index (χ3v) is 17.5. The summed E-state index contributed by atoms with van der Waals surface area (Å²) in [6, 6.07) is 46.2. The quantitative estimate of drug-likeness (QED) is 0.0117. The summed E-state index contributed by atoms with van der Waals surface area (Å²) in [5.74, 6) is -8.78. The monoisotopic (exact) mass is 1650 g/mol. The number of carbonyl (C=O) groups excluding carboxylic acids is 13. The number of hydrogen-bond acceptors (Lipinski definition) is 21. The molecule has 0 heterocycles. The summed E-state index contributed by atoms with van der Waals surface area (Å²) < 4.78 is 41.8. The van der Waals surface area contributed by atoms with Crippen LogP contribution in [0.1, 0.15) is 170 Å². The summed E-state index contributed by atoms with van der Waals surface area (Å²) in [5.41, 5.74) is 3.22. The number of hydrogen-bond donors (Lipinski definition) is 6. The third-order valence-electron chi connectivity index (χ3n) is 17.2. The minimum atomic E-state index is -1.98. The predicted molar refractivity (Wildman–Crippen MR) is 425 cm³/mol. The van der Waals surface area contributed by atoms with E-state index < -0.39 is 168 Å². The van der Waals surface area contributed by atoms with Gasteiger partial charge in [-0.15, -0.1) is 0 Å². The Morgan fingerprint density at radius 1 is 0.270 bits per heavy atom. The Morgan fingerprint density at radius 3 is 0.652 bits per heavy atom. The van der Waals surface area contributed by atoms with Gasteiger partial charge in [-0.05, 0) is 92.7 Å². The van der Waals surface area contributed by atoms with E-state index in [9.17, 15) is 62.3 Å². The van der Waals surface area contributed by atoms with Gasteiger partial charge in [0, 0.05) is 107 Å². The van der Waals surface area contributed by atoms with Crippen LogP contribution in [0.15, 0.2) is 182 Å². The highest BCUT2D eigenvalue weighted by Gasteiger charge is 2.31. The average molecular weight is 1650 g/mol. The first-order valence-electron chi connectivity index (χ1n) is 37.9. The lowest BCUT2D eigenvalue weighted by Gasteiger charge is -2.25. The Labute approximate surface area is 684 Å². The minimum absolute atomic E-state index is 0.0252. The van der Waals surface area contributed by atoms with Crippen LogP contribution in [0.4, 0.5) is 4.79 Å². The second-order valence-electron chi connectivity index (χ2n) is 28.3. The van der Waals surface area contributed by atoms with Crippen molar-refractivity contribution in [3.63, 3.8) is 0 Å². The number of halogens is 3. The van der Waals surface area contributed by atoms with Crippen molar-refractivity contribution in [3.8, 4) is 0 Å². The molecule has 6 N–H and O–H groups in total. The van der Waals surface area contributed by atoms with Crippen molar-refractivity contribution in [1.82, 2.24) is 31.9 Å². The van der Waals surface area contributed by atoms with E-state index in [2.05, 4.69) is 31.9 Å². The lowest BCUT2D eigenvalue weighted by atomic mass is 10.0. The highest BCUT2D eigenvalue weighted by atomic mass is 35.6. The van der Waals surface area contributed by atoms with E-state index in [0.29, 0.717) is 27.8 Å². The minimum Gasteiger partial charge on any atom is -0.461 e. The molecular weight excluding hydrogens is 1550 g/mol. The first-order chi connectivity index (χ1) is 55.0. The maximum absolute atomic E-state index is 14.7. The predicted octanol–water partition coefficient (Wildman–Crippen LogP) is 11.7. The van der Waals surface area contributed by atoms with E-state index in [-0.39, 0.29) is 117 Å². The first-order valence-corrected chi connectivity index (χ1v) is 39.0. The van der Waals surface area contributed by atoms with Crippen LogP contribution >= 0.6 is 34.8 Å². The van der Waals surface area contributed by atoms with Gasteiger partial charge in [-0.3, -0.25) is 57.5 Å². The van der Waals surface area contributed by atoms with Gasteiger partial charge in [0.15, 0.2) is 0 Å². The van der Waals surface area contributed by atoms with E-state index in [0.717, 1.165) is 5.56 Å². The van der Waals surface area contributed by atoms with Crippen molar-refractivity contribution in [2.24, 2.45) is 0 Å². The Bertz CT molecular complexity index is 4050. The number of alkyl halides is 3. The number of benzene rings is 6. The first kappa shape index (κ1) is 93.0. The molecule has 0 saturated heterocycles. The van der Waals surface area contributed by atoms with Gasteiger partial charge >= 0.3 is 47.9 Å². The van der Waals surface area contributed by atoms with Crippen LogP contribution in [-0.4, -0.2) is 130 Å². The molecular formula is C85H101Cl3N6O21. The van der Waals surface area contributed by atoms with Crippen LogP contribution in [0.5, 0.6) is 0 Å². The molecule has 6 atom stereocenters. The molecule has 0 aromatic heterocycles. The Morgan fingerprint density at radius 2 is 0.461 bits per heavy atom. The van der Waals surface area contributed by atoms with E-state index in [4.69, 9.17) is 72.7 Å². The molecule has 0 aliphatic carbocycles. The van der Waals surface area contributed by atoms with Crippen molar-refractivity contribution in [2.45, 2.75) is 222 Å². The van der Waals surface area contributed by atoms with Gasteiger partial charge in [0.05, 0.1) is 6.42 Å². The van der Waals surface area contributed by atoms with Gasteiger partial charge in [0.25, 0.3) is 0 Å². The van der Waals surface area contributed by atoms with Crippen LogP contribution in [0.2, 0.25) is 0 Å². The Hall–Kier alpha value is -10.9. The van der Waals surface area contributed by atoms with Crippen molar-refractivity contribution < 1.29 is 100 Å². The van der Waals surface area contributed by atoms with Crippen molar-refractivity contribution in [2.75, 3.05) is 6.61 Å². The van der Waals surface area contributed by atoms with Gasteiger partial charge in [-0.2, -0.15) is 0 Å². The zero-order valence-electron chi connectivity index (χ0n) is 64.7. The van der Waals surface area contributed by atoms with Crippen LogP contribution in [0.25, 0.3) is 0 Å². The molecule has 618 valence electrons. The topological polar surface area (TPSA) is 368 Å². The molecule has 0 spiro atoms. The molecule has 30 heteroatoms. The molecule has 0 aliphatic heterocycles. The number of ether oxygens (including phenoxy) is 8. The van der Waals surface area contributed by atoms with E-state index in [1.54, 1.807) is 197 Å². The number of amides is 6. The fourth-order valence-corrected chi connectivity index (χ4v) is 11.6. The zero-order valence-corrected chi connectivity index (χ0v) is 66.9. The number of esters is 7. The molecule has 6 aromatic rings. The molecule has 115 heavy (non-hydrogen) atoms. The van der Waals surface area contributed by atoms with Gasteiger partial charge in [-0.1, -0.05) is 217 Å². The van der Waals surface area contributed by atoms with Gasteiger partial charge < -0.3 is 69.8 Å². The molecule has 0 bridgehead atoms. The molecule has 6 aromatic carbocycles. The van der Waals surface area contributed by atoms with Crippen LogP contribution in [0, 0.1) is 0 Å². The van der Waals surface area contributed by atoms with E-state index >= 15 is 0 Å². The summed E-state index contributed by atoms with van der Waals surface area (Å²) in [4.78, 5) is 179. The van der Waals surface area contributed by atoms with Gasteiger partial charge in [-0.25, -0.2) is 4.79 Å². The molecule has 0 radical (unpaired) electrons.